The zero-order valence-electron chi connectivity index (χ0n) is 11.4. The van der Waals surface area contributed by atoms with E-state index in [1.807, 2.05) is 0 Å². The van der Waals surface area contributed by atoms with E-state index in [-0.39, 0.29) is 0 Å². The van der Waals surface area contributed by atoms with Gasteiger partial charge in [-0.2, -0.15) is 0 Å². The minimum atomic E-state index is 0.529. The van der Waals surface area contributed by atoms with E-state index in [9.17, 15) is 0 Å². The molecule has 2 nitrogen and oxygen atoms in total. The Morgan fingerprint density at radius 2 is 2.17 bits per heavy atom. The van der Waals surface area contributed by atoms with Crippen molar-refractivity contribution in [2.75, 3.05) is 13.2 Å². The normalized spacial score (nSPS) is 25.3. The van der Waals surface area contributed by atoms with Gasteiger partial charge in [0.2, 0.25) is 0 Å². The molecule has 2 aliphatic rings. The van der Waals surface area contributed by atoms with Crippen LogP contribution >= 0.6 is 0 Å². The van der Waals surface area contributed by atoms with Crippen LogP contribution in [0.3, 0.4) is 0 Å². The van der Waals surface area contributed by atoms with Gasteiger partial charge in [-0.1, -0.05) is 25.1 Å². The van der Waals surface area contributed by atoms with Crippen molar-refractivity contribution in [3.8, 4) is 5.75 Å². The number of hydrogen-bond donors (Lipinski definition) is 1. The molecule has 98 valence electrons. The Morgan fingerprint density at radius 3 is 2.89 bits per heavy atom. The number of hydrogen-bond acceptors (Lipinski definition) is 2. The molecule has 1 fully saturated rings. The largest absolute Gasteiger partial charge is 0.493 e. The zero-order valence-corrected chi connectivity index (χ0v) is 11.4. The summed E-state index contributed by atoms with van der Waals surface area (Å²) in [4.78, 5) is 0. The predicted octanol–water partition coefficient (Wildman–Crippen LogP) is 3.33. The monoisotopic (exact) mass is 245 g/mol. The van der Waals surface area contributed by atoms with Gasteiger partial charge in [-0.25, -0.2) is 0 Å². The third-order valence-corrected chi connectivity index (χ3v) is 4.77. The predicted molar refractivity (Wildman–Crippen MR) is 74.1 cm³/mol. The van der Waals surface area contributed by atoms with Crippen LogP contribution in [0.2, 0.25) is 0 Å². The fourth-order valence-electron chi connectivity index (χ4n) is 3.39. The molecule has 0 saturated heterocycles. The van der Waals surface area contributed by atoms with Crippen LogP contribution in [-0.4, -0.2) is 19.2 Å². The minimum Gasteiger partial charge on any atom is -0.493 e. The highest BCUT2D eigenvalue weighted by molar-refractivity contribution is 5.40. The molecule has 2 atom stereocenters. The molecule has 18 heavy (non-hydrogen) atoms. The van der Waals surface area contributed by atoms with Crippen molar-refractivity contribution in [3.05, 3.63) is 29.8 Å². The van der Waals surface area contributed by atoms with Crippen LogP contribution < -0.4 is 10.1 Å². The van der Waals surface area contributed by atoms with Gasteiger partial charge in [-0.3, -0.25) is 0 Å². The van der Waals surface area contributed by atoms with Crippen molar-refractivity contribution in [2.45, 2.75) is 45.1 Å². The Morgan fingerprint density at radius 1 is 1.39 bits per heavy atom. The average Bonchev–Trinajstić information content (AvgIpc) is 3.06. The van der Waals surface area contributed by atoms with Gasteiger partial charge in [0.1, 0.15) is 5.75 Å². The van der Waals surface area contributed by atoms with Gasteiger partial charge in [0.15, 0.2) is 0 Å². The van der Waals surface area contributed by atoms with E-state index in [4.69, 9.17) is 4.74 Å². The van der Waals surface area contributed by atoms with Crippen molar-refractivity contribution in [3.63, 3.8) is 0 Å². The van der Waals surface area contributed by atoms with Crippen LogP contribution in [0, 0.1) is 5.41 Å². The lowest BCUT2D eigenvalue weighted by molar-refractivity contribution is 0.268. The highest BCUT2D eigenvalue weighted by Crippen LogP contribution is 2.56. The van der Waals surface area contributed by atoms with Crippen molar-refractivity contribution in [2.24, 2.45) is 5.41 Å². The maximum Gasteiger partial charge on any atom is 0.122 e. The van der Waals surface area contributed by atoms with Crippen molar-refractivity contribution < 1.29 is 4.74 Å². The molecule has 0 aromatic heterocycles. The Kier molecular flexibility index (Phi) is 3.06. The van der Waals surface area contributed by atoms with Gasteiger partial charge in [-0.05, 0) is 44.2 Å². The summed E-state index contributed by atoms with van der Waals surface area (Å²) in [7, 11) is 0. The molecule has 2 heteroatoms. The van der Waals surface area contributed by atoms with Crippen LogP contribution in [0.5, 0.6) is 5.75 Å². The molecule has 0 amide bonds. The van der Waals surface area contributed by atoms with E-state index in [1.165, 1.54) is 24.8 Å². The Labute approximate surface area is 110 Å². The van der Waals surface area contributed by atoms with Gasteiger partial charge in [0.05, 0.1) is 6.61 Å². The Hall–Kier alpha value is -1.02. The second kappa shape index (κ2) is 4.58. The van der Waals surface area contributed by atoms with Crippen molar-refractivity contribution in [1.82, 2.24) is 5.32 Å². The first-order valence-electron chi connectivity index (χ1n) is 7.20. The number of benzene rings is 1. The highest BCUT2D eigenvalue weighted by atomic mass is 16.5. The molecule has 1 saturated carbocycles. The van der Waals surface area contributed by atoms with E-state index in [2.05, 4.69) is 43.4 Å². The molecule has 0 spiro atoms. The fraction of sp³-hybridized carbons (Fsp3) is 0.625. The van der Waals surface area contributed by atoms with E-state index >= 15 is 0 Å². The number of nitrogens with one attached hydrogen (secondary N) is 1. The van der Waals surface area contributed by atoms with Crippen LogP contribution in [0.15, 0.2) is 24.3 Å². The summed E-state index contributed by atoms with van der Waals surface area (Å²) in [5.41, 5.74) is 1.95. The SMILES string of the molecule is CCNC(C)C1(CC2COc3ccccc32)CC1. The third kappa shape index (κ3) is 2.03. The fourth-order valence-corrected chi connectivity index (χ4v) is 3.39. The van der Waals surface area contributed by atoms with Crippen LogP contribution in [0.4, 0.5) is 0 Å². The van der Waals surface area contributed by atoms with Crippen molar-refractivity contribution in [1.29, 1.82) is 0 Å². The second-order valence-electron chi connectivity index (χ2n) is 5.89. The molecule has 1 aromatic carbocycles. The maximum absolute atomic E-state index is 5.80. The molecule has 1 aromatic rings. The molecule has 0 bridgehead atoms. The topological polar surface area (TPSA) is 21.3 Å². The maximum atomic E-state index is 5.80. The van der Waals surface area contributed by atoms with Gasteiger partial charge in [-0.15, -0.1) is 0 Å². The lowest BCUT2D eigenvalue weighted by Gasteiger charge is -2.26. The van der Waals surface area contributed by atoms with Crippen LogP contribution in [0.1, 0.15) is 44.6 Å². The third-order valence-electron chi connectivity index (χ3n) is 4.77. The number of para-hydroxylation sites is 1. The van der Waals surface area contributed by atoms with Crippen LogP contribution in [-0.2, 0) is 0 Å². The summed E-state index contributed by atoms with van der Waals surface area (Å²) < 4.78 is 5.80. The van der Waals surface area contributed by atoms with E-state index in [1.54, 1.807) is 0 Å². The summed E-state index contributed by atoms with van der Waals surface area (Å²) >= 11 is 0. The summed E-state index contributed by atoms with van der Waals surface area (Å²) in [6.07, 6.45) is 4.03. The molecular weight excluding hydrogens is 222 g/mol. The van der Waals surface area contributed by atoms with Gasteiger partial charge < -0.3 is 10.1 Å². The average molecular weight is 245 g/mol. The lowest BCUT2D eigenvalue weighted by atomic mass is 9.84. The molecule has 1 aliphatic carbocycles. The Bertz CT molecular complexity index is 425. The number of rotatable bonds is 5. The molecular formula is C16H23NO. The summed E-state index contributed by atoms with van der Waals surface area (Å²) in [6, 6.07) is 9.17. The van der Waals surface area contributed by atoms with Gasteiger partial charge in [0.25, 0.3) is 0 Å². The van der Waals surface area contributed by atoms with E-state index < -0.39 is 0 Å². The number of fused-ring (bicyclic) bond motifs is 1. The standard InChI is InChI=1S/C16H23NO/c1-3-17-12(2)16(8-9-16)10-13-11-18-15-7-5-4-6-14(13)15/h4-7,12-13,17H,3,8-11H2,1-2H3. The van der Waals surface area contributed by atoms with E-state index in [0.29, 0.717) is 17.4 Å². The summed E-state index contributed by atoms with van der Waals surface area (Å²) in [5, 5.41) is 3.61. The van der Waals surface area contributed by atoms with Crippen LogP contribution in [0.25, 0.3) is 0 Å². The molecule has 0 radical (unpaired) electrons. The highest BCUT2D eigenvalue weighted by Gasteiger charge is 2.49. The molecule has 1 N–H and O–H groups in total. The number of ether oxygens (including phenoxy) is 1. The minimum absolute atomic E-state index is 0.529. The molecule has 2 unspecified atom stereocenters. The zero-order chi connectivity index (χ0) is 12.6. The first-order chi connectivity index (χ1) is 8.75. The molecule has 1 aliphatic heterocycles. The molecule has 3 rings (SSSR count). The lowest BCUT2D eigenvalue weighted by Crippen LogP contribution is -2.35. The first kappa shape index (κ1) is 12.0. The smallest absolute Gasteiger partial charge is 0.122 e. The first-order valence-corrected chi connectivity index (χ1v) is 7.20. The van der Waals surface area contributed by atoms with E-state index in [0.717, 1.165) is 18.9 Å². The quantitative estimate of drug-likeness (QED) is 0.859. The second-order valence-corrected chi connectivity index (χ2v) is 5.89. The Balaban J connectivity index is 1.71. The summed E-state index contributed by atoms with van der Waals surface area (Å²) in [5.74, 6) is 1.71. The van der Waals surface area contributed by atoms with Gasteiger partial charge in [0, 0.05) is 17.5 Å². The summed E-state index contributed by atoms with van der Waals surface area (Å²) in [6.45, 7) is 6.49. The molecule has 1 heterocycles. The van der Waals surface area contributed by atoms with Gasteiger partial charge >= 0.3 is 0 Å². The van der Waals surface area contributed by atoms with Crippen molar-refractivity contribution >= 4 is 0 Å².